The number of aliphatic hydroxyl groups excluding tert-OH is 1. The van der Waals surface area contributed by atoms with Crippen LogP contribution in [0.15, 0.2) is 23.1 Å². The summed E-state index contributed by atoms with van der Waals surface area (Å²) in [7, 11) is 0. The zero-order valence-corrected chi connectivity index (χ0v) is 11.6. The second-order valence-electron chi connectivity index (χ2n) is 4.22. The van der Waals surface area contributed by atoms with Gasteiger partial charge < -0.3 is 5.11 Å². The third-order valence-electron chi connectivity index (χ3n) is 2.67. The van der Waals surface area contributed by atoms with Gasteiger partial charge in [-0.15, -0.1) is 11.8 Å². The molecule has 1 aromatic carbocycles. The van der Waals surface area contributed by atoms with Crippen molar-refractivity contribution in [1.29, 1.82) is 0 Å². The van der Waals surface area contributed by atoms with E-state index in [1.54, 1.807) is 19.1 Å². The Labute approximate surface area is 112 Å². The number of rotatable bonds is 7. The fourth-order valence-corrected chi connectivity index (χ4v) is 2.61. The number of benzene rings is 1. The molecule has 0 aliphatic rings. The van der Waals surface area contributed by atoms with Gasteiger partial charge in [-0.2, -0.15) is 0 Å². The lowest BCUT2D eigenvalue weighted by Gasteiger charge is -2.07. The van der Waals surface area contributed by atoms with Crippen LogP contribution in [0.5, 0.6) is 0 Å². The highest BCUT2D eigenvalue weighted by molar-refractivity contribution is 7.99. The second-order valence-corrected chi connectivity index (χ2v) is 5.35. The van der Waals surface area contributed by atoms with E-state index in [9.17, 15) is 15.2 Å². The molecule has 0 spiro atoms. The molecule has 0 saturated carbocycles. The molecule has 0 unspecified atom stereocenters. The largest absolute Gasteiger partial charge is 0.389 e. The molecule has 0 heterocycles. The van der Waals surface area contributed by atoms with E-state index >= 15 is 0 Å². The van der Waals surface area contributed by atoms with Crippen molar-refractivity contribution in [2.45, 2.75) is 44.1 Å². The van der Waals surface area contributed by atoms with Gasteiger partial charge in [0.25, 0.3) is 5.69 Å². The molecular weight excluding hydrogens is 250 g/mol. The molecule has 100 valence electrons. The predicted molar refractivity (Wildman–Crippen MR) is 74.0 cm³/mol. The first-order valence-electron chi connectivity index (χ1n) is 6.15. The highest BCUT2D eigenvalue weighted by Gasteiger charge is 2.16. The Morgan fingerprint density at radius 2 is 2.17 bits per heavy atom. The van der Waals surface area contributed by atoms with Gasteiger partial charge in [-0.1, -0.05) is 25.8 Å². The van der Waals surface area contributed by atoms with E-state index in [1.807, 2.05) is 0 Å². The lowest BCUT2D eigenvalue weighted by Crippen LogP contribution is -1.96. The maximum absolute atomic E-state index is 11.0. The van der Waals surface area contributed by atoms with E-state index < -0.39 is 6.10 Å². The maximum atomic E-state index is 11.0. The topological polar surface area (TPSA) is 63.4 Å². The van der Waals surface area contributed by atoms with Crippen molar-refractivity contribution in [3.63, 3.8) is 0 Å². The van der Waals surface area contributed by atoms with E-state index in [1.165, 1.54) is 17.8 Å². The summed E-state index contributed by atoms with van der Waals surface area (Å²) in [5.74, 6) is 0.892. The summed E-state index contributed by atoms with van der Waals surface area (Å²) in [4.78, 5) is 11.3. The van der Waals surface area contributed by atoms with Gasteiger partial charge in [-0.25, -0.2) is 0 Å². The summed E-state index contributed by atoms with van der Waals surface area (Å²) in [6.07, 6.45) is 2.68. The number of aliphatic hydroxyl groups is 1. The molecule has 0 saturated heterocycles. The lowest BCUT2D eigenvalue weighted by molar-refractivity contribution is -0.387. The molecule has 4 nitrogen and oxygen atoms in total. The van der Waals surface area contributed by atoms with E-state index in [0.29, 0.717) is 10.5 Å². The number of thioether (sulfide) groups is 1. The summed E-state index contributed by atoms with van der Waals surface area (Å²) in [6.45, 7) is 3.73. The summed E-state index contributed by atoms with van der Waals surface area (Å²) < 4.78 is 0. The third kappa shape index (κ3) is 4.31. The van der Waals surface area contributed by atoms with Crippen molar-refractivity contribution in [2.24, 2.45) is 0 Å². The van der Waals surface area contributed by atoms with Gasteiger partial charge in [0, 0.05) is 6.07 Å². The van der Waals surface area contributed by atoms with Crippen LogP contribution < -0.4 is 0 Å². The normalized spacial score (nSPS) is 12.4. The Hall–Kier alpha value is -1.07. The molecule has 18 heavy (non-hydrogen) atoms. The highest BCUT2D eigenvalue weighted by atomic mass is 32.2. The molecular formula is C13H19NO3S. The average Bonchev–Trinajstić information content (AvgIpc) is 2.34. The fraction of sp³-hybridized carbons (Fsp3) is 0.538. The second kappa shape index (κ2) is 7.38. The molecule has 5 heteroatoms. The molecule has 0 aromatic heterocycles. The van der Waals surface area contributed by atoms with E-state index in [-0.39, 0.29) is 10.6 Å². The number of nitro benzene ring substituents is 1. The first kappa shape index (κ1) is 15.0. The monoisotopic (exact) mass is 269 g/mol. The van der Waals surface area contributed by atoms with E-state index in [0.717, 1.165) is 25.0 Å². The van der Waals surface area contributed by atoms with Crippen LogP contribution in [-0.2, 0) is 0 Å². The fourth-order valence-electron chi connectivity index (χ4n) is 1.59. The van der Waals surface area contributed by atoms with Crippen molar-refractivity contribution >= 4 is 17.4 Å². The van der Waals surface area contributed by atoms with Crippen molar-refractivity contribution in [3.05, 3.63) is 33.9 Å². The molecule has 0 radical (unpaired) electrons. The van der Waals surface area contributed by atoms with Crippen molar-refractivity contribution in [3.8, 4) is 0 Å². The van der Waals surface area contributed by atoms with Crippen molar-refractivity contribution < 1.29 is 10.0 Å². The smallest absolute Gasteiger partial charge is 0.283 e. The number of unbranched alkanes of at least 4 members (excludes halogenated alkanes) is 2. The van der Waals surface area contributed by atoms with Crippen LogP contribution in [-0.4, -0.2) is 15.8 Å². The minimum absolute atomic E-state index is 0.0925. The van der Waals surface area contributed by atoms with Crippen LogP contribution in [0.1, 0.15) is 44.8 Å². The van der Waals surface area contributed by atoms with Crippen LogP contribution >= 0.6 is 11.8 Å². The predicted octanol–water partition coefficient (Wildman–Crippen LogP) is 3.93. The van der Waals surface area contributed by atoms with Gasteiger partial charge in [-0.3, -0.25) is 10.1 Å². The quantitative estimate of drug-likeness (QED) is 0.352. The highest BCUT2D eigenvalue weighted by Crippen LogP contribution is 2.32. The SMILES string of the molecule is CCCCCSc1ccc([C@@H](C)O)cc1[N+](=O)[O-]. The minimum Gasteiger partial charge on any atom is -0.389 e. The first-order valence-corrected chi connectivity index (χ1v) is 7.14. The van der Waals surface area contributed by atoms with Crippen LogP contribution in [0.3, 0.4) is 0 Å². The van der Waals surface area contributed by atoms with E-state index in [4.69, 9.17) is 0 Å². The third-order valence-corrected chi connectivity index (χ3v) is 3.82. The van der Waals surface area contributed by atoms with Gasteiger partial charge >= 0.3 is 0 Å². The molecule has 1 aromatic rings. The Morgan fingerprint density at radius 1 is 1.44 bits per heavy atom. The standard InChI is InChI=1S/C13H19NO3S/c1-3-4-5-8-18-13-7-6-11(10(2)15)9-12(13)14(16)17/h6-7,9-10,15H,3-5,8H2,1-2H3/t10-/m1/s1. The number of hydrogen-bond donors (Lipinski definition) is 1. The van der Waals surface area contributed by atoms with Crippen molar-refractivity contribution in [1.82, 2.24) is 0 Å². The van der Waals surface area contributed by atoms with Crippen molar-refractivity contribution in [2.75, 3.05) is 5.75 Å². The van der Waals surface area contributed by atoms with Gasteiger partial charge in [0.15, 0.2) is 0 Å². The van der Waals surface area contributed by atoms with Gasteiger partial charge in [0.05, 0.1) is 15.9 Å². The molecule has 0 aliphatic carbocycles. The first-order chi connectivity index (χ1) is 8.56. The zero-order chi connectivity index (χ0) is 13.5. The maximum Gasteiger partial charge on any atom is 0.283 e. The molecule has 0 bridgehead atoms. The molecule has 0 aliphatic heterocycles. The summed E-state index contributed by atoms with van der Waals surface area (Å²) in [5, 5.41) is 20.4. The molecule has 0 amide bonds. The Bertz CT molecular complexity index is 407. The Balaban J connectivity index is 2.80. The molecule has 0 fully saturated rings. The number of nitro groups is 1. The lowest BCUT2D eigenvalue weighted by atomic mass is 10.1. The minimum atomic E-state index is -0.678. The Morgan fingerprint density at radius 3 is 2.72 bits per heavy atom. The van der Waals surface area contributed by atoms with Crippen LogP contribution in [0.2, 0.25) is 0 Å². The summed E-state index contributed by atoms with van der Waals surface area (Å²) in [6, 6.07) is 4.95. The molecule has 1 N–H and O–H groups in total. The average molecular weight is 269 g/mol. The summed E-state index contributed by atoms with van der Waals surface area (Å²) in [5.41, 5.74) is 0.675. The molecule has 1 atom stereocenters. The van der Waals surface area contributed by atoms with Gasteiger partial charge in [0.2, 0.25) is 0 Å². The van der Waals surface area contributed by atoms with E-state index in [2.05, 4.69) is 6.92 Å². The van der Waals surface area contributed by atoms with Gasteiger partial charge in [-0.05, 0) is 30.7 Å². The van der Waals surface area contributed by atoms with Gasteiger partial charge in [0.1, 0.15) is 0 Å². The molecule has 1 rings (SSSR count). The number of nitrogens with zero attached hydrogens (tertiary/aromatic N) is 1. The summed E-state index contributed by atoms with van der Waals surface area (Å²) >= 11 is 1.51. The Kier molecular flexibility index (Phi) is 6.15. The number of hydrogen-bond acceptors (Lipinski definition) is 4. The van der Waals surface area contributed by atoms with Crippen LogP contribution in [0, 0.1) is 10.1 Å². The van der Waals surface area contributed by atoms with Crippen LogP contribution in [0.4, 0.5) is 5.69 Å². The van der Waals surface area contributed by atoms with Crippen LogP contribution in [0.25, 0.3) is 0 Å². The zero-order valence-electron chi connectivity index (χ0n) is 10.8.